The average molecular weight is 446 g/mol. The molecular formula is C23H19N5O3S. The molecule has 2 aromatic heterocycles. The number of carboxylic acid groups (broad SMARTS) is 1. The van der Waals surface area contributed by atoms with Crippen molar-refractivity contribution in [2.45, 2.75) is 12.1 Å². The van der Waals surface area contributed by atoms with Crippen molar-refractivity contribution in [3.05, 3.63) is 84.2 Å². The zero-order valence-electron chi connectivity index (χ0n) is 17.1. The first kappa shape index (κ1) is 21.3. The predicted molar refractivity (Wildman–Crippen MR) is 122 cm³/mol. The summed E-state index contributed by atoms with van der Waals surface area (Å²) >= 11 is 1.24. The molecule has 0 bridgehead atoms. The first-order valence-corrected chi connectivity index (χ1v) is 10.7. The highest BCUT2D eigenvalue weighted by Crippen LogP contribution is 2.28. The highest BCUT2D eigenvalue weighted by Gasteiger charge is 2.17. The number of aryl methyl sites for hydroxylation is 1. The Kier molecular flexibility index (Phi) is 6.27. The molecule has 4 rings (SSSR count). The molecule has 0 unspecified atom stereocenters. The molecule has 0 aliphatic carbocycles. The number of benzene rings is 2. The van der Waals surface area contributed by atoms with Gasteiger partial charge in [-0.15, -0.1) is 10.2 Å². The van der Waals surface area contributed by atoms with E-state index in [4.69, 9.17) is 5.11 Å². The van der Waals surface area contributed by atoms with Crippen molar-refractivity contribution in [2.75, 3.05) is 11.1 Å². The van der Waals surface area contributed by atoms with E-state index in [1.165, 1.54) is 23.9 Å². The van der Waals surface area contributed by atoms with Gasteiger partial charge in [0.05, 0.1) is 11.3 Å². The summed E-state index contributed by atoms with van der Waals surface area (Å²) in [7, 11) is 0. The lowest BCUT2D eigenvalue weighted by Gasteiger charge is -2.11. The average Bonchev–Trinajstić information content (AvgIpc) is 3.23. The van der Waals surface area contributed by atoms with Crippen LogP contribution in [0.5, 0.6) is 0 Å². The number of rotatable bonds is 7. The Morgan fingerprint density at radius 2 is 1.88 bits per heavy atom. The van der Waals surface area contributed by atoms with Crippen LogP contribution in [0.4, 0.5) is 5.69 Å². The number of anilines is 1. The third-order valence-corrected chi connectivity index (χ3v) is 5.50. The third-order valence-electron chi connectivity index (χ3n) is 4.57. The Labute approximate surface area is 188 Å². The van der Waals surface area contributed by atoms with Crippen molar-refractivity contribution < 1.29 is 14.7 Å². The lowest BCUT2D eigenvalue weighted by atomic mass is 10.2. The monoisotopic (exact) mass is 445 g/mol. The Morgan fingerprint density at radius 1 is 1.06 bits per heavy atom. The highest BCUT2D eigenvalue weighted by molar-refractivity contribution is 7.99. The molecule has 0 saturated heterocycles. The summed E-state index contributed by atoms with van der Waals surface area (Å²) in [5.74, 6) is -0.628. The van der Waals surface area contributed by atoms with Crippen LogP contribution < -0.4 is 5.32 Å². The number of hydrogen-bond acceptors (Lipinski definition) is 6. The molecule has 2 aromatic carbocycles. The number of amides is 1. The van der Waals surface area contributed by atoms with Crippen molar-refractivity contribution >= 4 is 29.3 Å². The van der Waals surface area contributed by atoms with Gasteiger partial charge in [0, 0.05) is 29.3 Å². The van der Waals surface area contributed by atoms with Gasteiger partial charge in [-0.2, -0.15) is 0 Å². The molecule has 0 spiro atoms. The number of aromatic nitrogens is 4. The Bertz CT molecular complexity index is 1260. The Hall–Kier alpha value is -3.98. The molecule has 9 heteroatoms. The molecule has 0 aliphatic heterocycles. The van der Waals surface area contributed by atoms with E-state index in [0.29, 0.717) is 16.7 Å². The summed E-state index contributed by atoms with van der Waals surface area (Å²) < 4.78 is 1.89. The Balaban J connectivity index is 1.56. The second kappa shape index (κ2) is 9.44. The van der Waals surface area contributed by atoms with Crippen LogP contribution in [0.1, 0.15) is 15.9 Å². The topological polar surface area (TPSA) is 110 Å². The first-order valence-electron chi connectivity index (χ1n) is 9.70. The van der Waals surface area contributed by atoms with Gasteiger partial charge >= 0.3 is 5.97 Å². The predicted octanol–water partition coefficient (Wildman–Crippen LogP) is 4.07. The number of carbonyl (C=O) groups excluding carboxylic acids is 1. The number of aromatic carboxylic acids is 1. The van der Waals surface area contributed by atoms with Crippen LogP contribution in [0.3, 0.4) is 0 Å². The number of thioether (sulfide) groups is 1. The molecular weight excluding hydrogens is 426 g/mol. The van der Waals surface area contributed by atoms with Crippen LogP contribution in [-0.4, -0.2) is 42.5 Å². The molecule has 0 aliphatic rings. The molecule has 0 atom stereocenters. The number of nitrogens with one attached hydrogen (secondary N) is 1. The van der Waals surface area contributed by atoms with Crippen LogP contribution in [0.15, 0.2) is 78.2 Å². The summed E-state index contributed by atoms with van der Waals surface area (Å²) in [4.78, 5) is 27.8. The van der Waals surface area contributed by atoms with Gasteiger partial charge in [0.1, 0.15) is 0 Å². The van der Waals surface area contributed by atoms with E-state index in [1.807, 2.05) is 47.9 Å². The van der Waals surface area contributed by atoms with Gasteiger partial charge in [-0.05, 0) is 49.4 Å². The van der Waals surface area contributed by atoms with Crippen LogP contribution in [0, 0.1) is 6.92 Å². The standard InChI is InChI=1S/C23H19N5O3S/c1-15-7-9-19(10-8-15)28-21(17-5-3-11-24-13-17)26-27-23(28)32-14-20(29)25-18-6-2-4-16(12-18)22(30)31/h2-13H,14H2,1H3,(H,25,29)(H,30,31). The minimum atomic E-state index is -1.05. The van der Waals surface area contributed by atoms with Gasteiger partial charge in [0.15, 0.2) is 11.0 Å². The van der Waals surface area contributed by atoms with Crippen LogP contribution in [-0.2, 0) is 4.79 Å². The van der Waals surface area contributed by atoms with Crippen LogP contribution in [0.25, 0.3) is 17.1 Å². The molecule has 2 heterocycles. The maximum atomic E-state index is 12.5. The number of hydrogen-bond donors (Lipinski definition) is 2. The van der Waals surface area contributed by atoms with E-state index in [0.717, 1.165) is 16.8 Å². The van der Waals surface area contributed by atoms with E-state index >= 15 is 0 Å². The molecule has 1 amide bonds. The summed E-state index contributed by atoms with van der Waals surface area (Å²) in [6.07, 6.45) is 3.40. The van der Waals surface area contributed by atoms with E-state index in [1.54, 1.807) is 24.5 Å². The molecule has 2 N–H and O–H groups in total. The van der Waals surface area contributed by atoms with E-state index in [2.05, 4.69) is 20.5 Å². The van der Waals surface area contributed by atoms with Crippen molar-refractivity contribution in [1.82, 2.24) is 19.7 Å². The summed E-state index contributed by atoms with van der Waals surface area (Å²) in [5.41, 5.74) is 3.34. The van der Waals surface area contributed by atoms with Gasteiger partial charge in [-0.1, -0.05) is 35.5 Å². The summed E-state index contributed by atoms with van der Waals surface area (Å²) in [6.45, 7) is 2.01. The second-order valence-corrected chi connectivity index (χ2v) is 7.88. The molecule has 160 valence electrons. The maximum Gasteiger partial charge on any atom is 0.335 e. The molecule has 0 saturated carbocycles. The van der Waals surface area contributed by atoms with E-state index in [-0.39, 0.29) is 17.2 Å². The largest absolute Gasteiger partial charge is 0.478 e. The fourth-order valence-corrected chi connectivity index (χ4v) is 3.78. The van der Waals surface area contributed by atoms with Crippen molar-refractivity contribution in [3.63, 3.8) is 0 Å². The number of pyridine rings is 1. The van der Waals surface area contributed by atoms with Gasteiger partial charge < -0.3 is 10.4 Å². The maximum absolute atomic E-state index is 12.5. The third kappa shape index (κ3) is 4.84. The van der Waals surface area contributed by atoms with E-state index in [9.17, 15) is 9.59 Å². The number of nitrogens with zero attached hydrogens (tertiary/aromatic N) is 4. The van der Waals surface area contributed by atoms with Crippen molar-refractivity contribution in [3.8, 4) is 17.1 Å². The fourth-order valence-electron chi connectivity index (χ4n) is 3.03. The summed E-state index contributed by atoms with van der Waals surface area (Å²) in [6, 6.07) is 17.8. The molecule has 0 radical (unpaired) electrons. The van der Waals surface area contributed by atoms with Crippen LogP contribution in [0.2, 0.25) is 0 Å². The lowest BCUT2D eigenvalue weighted by molar-refractivity contribution is -0.113. The zero-order valence-corrected chi connectivity index (χ0v) is 17.9. The lowest BCUT2D eigenvalue weighted by Crippen LogP contribution is -2.15. The summed E-state index contributed by atoms with van der Waals surface area (Å²) in [5, 5.41) is 21.0. The highest BCUT2D eigenvalue weighted by atomic mass is 32.2. The van der Waals surface area contributed by atoms with Crippen LogP contribution >= 0.6 is 11.8 Å². The zero-order chi connectivity index (χ0) is 22.5. The van der Waals surface area contributed by atoms with Gasteiger partial charge in [-0.25, -0.2) is 4.79 Å². The normalized spacial score (nSPS) is 10.7. The number of carbonyl (C=O) groups is 2. The second-order valence-electron chi connectivity index (χ2n) is 6.94. The molecule has 0 fully saturated rings. The minimum Gasteiger partial charge on any atom is -0.478 e. The SMILES string of the molecule is Cc1ccc(-n2c(SCC(=O)Nc3cccc(C(=O)O)c3)nnc2-c2cccnc2)cc1. The minimum absolute atomic E-state index is 0.0777. The van der Waals surface area contributed by atoms with Crippen molar-refractivity contribution in [1.29, 1.82) is 0 Å². The molecule has 4 aromatic rings. The van der Waals surface area contributed by atoms with Crippen molar-refractivity contribution in [2.24, 2.45) is 0 Å². The van der Waals surface area contributed by atoms with Gasteiger partial charge in [0.2, 0.25) is 5.91 Å². The van der Waals surface area contributed by atoms with Gasteiger partial charge in [-0.3, -0.25) is 14.3 Å². The smallest absolute Gasteiger partial charge is 0.335 e. The number of carboxylic acids is 1. The molecule has 8 nitrogen and oxygen atoms in total. The van der Waals surface area contributed by atoms with Gasteiger partial charge in [0.25, 0.3) is 0 Å². The Morgan fingerprint density at radius 3 is 2.59 bits per heavy atom. The fraction of sp³-hybridized carbons (Fsp3) is 0.0870. The van der Waals surface area contributed by atoms with E-state index < -0.39 is 5.97 Å². The first-order chi connectivity index (χ1) is 15.5. The molecule has 32 heavy (non-hydrogen) atoms. The quantitative estimate of drug-likeness (QED) is 0.413.